The highest BCUT2D eigenvalue weighted by molar-refractivity contribution is 5.96. The first-order valence-electron chi connectivity index (χ1n) is 21.3. The molecule has 1 saturated heterocycles. The number of ether oxygens (including phenoxy) is 3. The molecule has 4 aromatic rings. The number of hydrazine groups is 1. The second-order valence-electron chi connectivity index (χ2n) is 15.3. The van der Waals surface area contributed by atoms with Gasteiger partial charge in [-0.2, -0.15) is 13.2 Å². The number of fused-ring (bicyclic) bond motifs is 1. The van der Waals surface area contributed by atoms with Crippen LogP contribution in [0.4, 0.5) is 24.5 Å². The summed E-state index contributed by atoms with van der Waals surface area (Å²) in [5.74, 6) is 6.18. The van der Waals surface area contributed by atoms with Crippen LogP contribution >= 0.6 is 0 Å². The molecule has 0 bridgehead atoms. The number of likely N-dealkylation sites (tertiary alicyclic amines) is 1. The maximum atomic E-state index is 13.9. The van der Waals surface area contributed by atoms with Crippen molar-refractivity contribution in [2.24, 2.45) is 11.6 Å². The third-order valence-corrected chi connectivity index (χ3v) is 10.6. The molecule has 0 saturated carbocycles. The zero-order valence-electron chi connectivity index (χ0n) is 35.3. The van der Waals surface area contributed by atoms with Gasteiger partial charge in [-0.25, -0.2) is 15.8 Å². The van der Waals surface area contributed by atoms with Gasteiger partial charge < -0.3 is 45.1 Å². The van der Waals surface area contributed by atoms with Crippen molar-refractivity contribution in [2.45, 2.75) is 71.3 Å². The summed E-state index contributed by atoms with van der Waals surface area (Å²) < 4.78 is 60.2. The number of aromatic nitrogens is 3. The highest BCUT2D eigenvalue weighted by Crippen LogP contribution is 2.36. The van der Waals surface area contributed by atoms with Crippen molar-refractivity contribution in [3.05, 3.63) is 84.7 Å². The molecule has 330 valence electrons. The molecule has 0 amide bonds. The largest absolute Gasteiger partial charge is 0.406 e. The summed E-state index contributed by atoms with van der Waals surface area (Å²) in [6, 6.07) is 15.1. The smallest absolute Gasteiger partial charge is 0.400 e. The highest BCUT2D eigenvalue weighted by Gasteiger charge is 2.30. The summed E-state index contributed by atoms with van der Waals surface area (Å²) in [6.07, 6.45) is 7.65. The Balaban J connectivity index is 1.02. The molecule has 1 fully saturated rings. The topological polar surface area (TPSA) is 144 Å². The van der Waals surface area contributed by atoms with Gasteiger partial charge in [0.2, 0.25) is 0 Å². The Morgan fingerprint density at radius 2 is 1.58 bits per heavy atom. The van der Waals surface area contributed by atoms with E-state index in [9.17, 15) is 13.2 Å². The molecule has 3 heterocycles. The van der Waals surface area contributed by atoms with Crippen molar-refractivity contribution in [1.82, 2.24) is 29.3 Å². The molecule has 0 spiro atoms. The van der Waals surface area contributed by atoms with Crippen molar-refractivity contribution in [3.8, 4) is 11.3 Å². The number of likely N-dealkylation sites (N-methyl/N-ethyl adjacent to an activating group) is 1. The second kappa shape index (κ2) is 24.7. The van der Waals surface area contributed by atoms with Crippen LogP contribution in [0.1, 0.15) is 51.5 Å². The van der Waals surface area contributed by atoms with Crippen LogP contribution in [0.3, 0.4) is 0 Å². The number of hydrogen-bond donors (Lipinski definition) is 4. The summed E-state index contributed by atoms with van der Waals surface area (Å²) in [6.45, 7) is 13.0. The quantitative estimate of drug-likeness (QED) is 0.0289. The molecule has 60 heavy (non-hydrogen) atoms. The molecule has 2 aromatic heterocycles. The number of unbranched alkanes of at least 4 members (excludes halogenated alkanes) is 2. The Bertz CT molecular complexity index is 1840. The van der Waals surface area contributed by atoms with Gasteiger partial charge in [-0.3, -0.25) is 4.90 Å². The lowest BCUT2D eigenvalue weighted by molar-refractivity contribution is -0.139. The number of rotatable bonds is 27. The van der Waals surface area contributed by atoms with Gasteiger partial charge in [-0.1, -0.05) is 57.0 Å². The maximum Gasteiger partial charge on any atom is 0.406 e. The maximum absolute atomic E-state index is 13.9. The molecule has 6 N–H and O–H groups in total. The van der Waals surface area contributed by atoms with Gasteiger partial charge >= 0.3 is 6.18 Å². The van der Waals surface area contributed by atoms with Crippen LogP contribution in [-0.2, 0) is 27.3 Å². The van der Waals surface area contributed by atoms with Crippen molar-refractivity contribution in [1.29, 1.82) is 0 Å². The fraction of sp³-hybridized carbons (Fsp3) is 0.545. The molecule has 0 unspecified atom stereocenters. The van der Waals surface area contributed by atoms with Gasteiger partial charge in [-0.05, 0) is 61.7 Å². The summed E-state index contributed by atoms with van der Waals surface area (Å²) in [5, 5.41) is 9.21. The third-order valence-electron chi connectivity index (χ3n) is 10.6. The lowest BCUT2D eigenvalue weighted by atomic mass is 10.0. The highest BCUT2D eigenvalue weighted by atomic mass is 19.4. The number of nitrogens with zero attached hydrogens (tertiary/aromatic N) is 6. The van der Waals surface area contributed by atoms with Crippen molar-refractivity contribution < 1.29 is 27.4 Å². The Kier molecular flexibility index (Phi) is 19.2. The van der Waals surface area contributed by atoms with Crippen LogP contribution in [0.2, 0.25) is 0 Å². The molecule has 1 aliphatic heterocycles. The fourth-order valence-electron chi connectivity index (χ4n) is 7.34. The molecule has 0 atom stereocenters. The normalized spacial score (nSPS) is 14.3. The molecular weight excluding hydrogens is 774 g/mol. The standard InChI is InChI=1S/C44H65F3N10O3/c1-3-5-6-16-54(4-2)19-21-58-23-25-60-26-24-59-22-20-56(49)32-37(48)31-55-17-14-38(15-18-55)53-41-8-7-9-42-40(41)27-43(57(42)33-44(45,46)47)36-12-10-35(11-13-36)28-52-39-29-50-34-51-30-39/h7-13,27,29-30,32,34,38,52-53H,3-6,14-26,28,31,33,48-49H2,1-2H3/b37-32-. The van der Waals surface area contributed by atoms with Crippen LogP contribution in [0, 0.1) is 0 Å². The Morgan fingerprint density at radius 1 is 0.900 bits per heavy atom. The Morgan fingerprint density at radius 3 is 2.25 bits per heavy atom. The first-order valence-corrected chi connectivity index (χ1v) is 21.3. The van der Waals surface area contributed by atoms with Gasteiger partial charge in [0.15, 0.2) is 0 Å². The molecule has 5 rings (SSSR count). The third kappa shape index (κ3) is 15.9. The van der Waals surface area contributed by atoms with Crippen LogP contribution in [-0.4, -0.2) is 127 Å². The number of benzene rings is 2. The number of halogens is 3. The van der Waals surface area contributed by atoms with Crippen molar-refractivity contribution in [2.75, 3.05) is 96.1 Å². The van der Waals surface area contributed by atoms with Gasteiger partial charge in [0.05, 0.1) is 69.8 Å². The summed E-state index contributed by atoms with van der Waals surface area (Å²) in [5.41, 5.74) is 11.4. The first kappa shape index (κ1) is 46.6. The summed E-state index contributed by atoms with van der Waals surface area (Å²) >= 11 is 0. The first-order chi connectivity index (χ1) is 29.1. The minimum Gasteiger partial charge on any atom is -0.400 e. The Hall–Kier alpha value is -4.45. The minimum absolute atomic E-state index is 0.157. The van der Waals surface area contributed by atoms with E-state index in [0.717, 1.165) is 74.5 Å². The molecular formula is C44H65F3N10O3. The zero-order valence-corrected chi connectivity index (χ0v) is 35.3. The van der Waals surface area contributed by atoms with E-state index in [2.05, 4.69) is 44.2 Å². The summed E-state index contributed by atoms with van der Waals surface area (Å²) in [4.78, 5) is 12.7. The van der Waals surface area contributed by atoms with Crippen LogP contribution in [0.5, 0.6) is 0 Å². The van der Waals surface area contributed by atoms with E-state index in [1.54, 1.807) is 29.7 Å². The fourth-order valence-corrected chi connectivity index (χ4v) is 7.34. The number of nitrogens with two attached hydrogens (primary N) is 2. The minimum atomic E-state index is -4.39. The average molecular weight is 839 g/mol. The van der Waals surface area contributed by atoms with E-state index in [1.165, 1.54) is 30.2 Å². The molecule has 1 aliphatic rings. The Labute approximate surface area is 353 Å². The summed E-state index contributed by atoms with van der Waals surface area (Å²) in [7, 11) is 0. The predicted octanol–water partition coefficient (Wildman–Crippen LogP) is 6.69. The van der Waals surface area contributed by atoms with Crippen LogP contribution in [0.25, 0.3) is 22.2 Å². The number of nitrogens with one attached hydrogen (secondary N) is 2. The SMILES string of the molecule is CCCCCN(CC)CCOCCOCCOCCN(N)/C=C(\N)CN1CCC(Nc2cccc3c2cc(-c2ccc(CNc4cncnc4)cc2)n3CC(F)(F)F)CC1. The van der Waals surface area contributed by atoms with E-state index in [4.69, 9.17) is 25.8 Å². The van der Waals surface area contributed by atoms with E-state index in [0.29, 0.717) is 75.1 Å². The van der Waals surface area contributed by atoms with Crippen molar-refractivity contribution >= 4 is 22.3 Å². The van der Waals surface area contributed by atoms with E-state index >= 15 is 0 Å². The van der Waals surface area contributed by atoms with Crippen LogP contribution in [0.15, 0.2) is 79.1 Å². The number of hydrogen-bond acceptors (Lipinski definition) is 12. The lowest BCUT2D eigenvalue weighted by Crippen LogP contribution is -2.41. The van der Waals surface area contributed by atoms with E-state index in [1.807, 2.05) is 42.5 Å². The second-order valence-corrected chi connectivity index (χ2v) is 15.3. The van der Waals surface area contributed by atoms with Crippen LogP contribution < -0.4 is 22.2 Å². The van der Waals surface area contributed by atoms with Gasteiger partial charge in [-0.15, -0.1) is 0 Å². The molecule has 13 nitrogen and oxygen atoms in total. The predicted molar refractivity (Wildman–Crippen MR) is 233 cm³/mol. The van der Waals surface area contributed by atoms with E-state index < -0.39 is 12.7 Å². The monoisotopic (exact) mass is 839 g/mol. The molecule has 0 radical (unpaired) electrons. The van der Waals surface area contributed by atoms with E-state index in [-0.39, 0.29) is 6.04 Å². The number of anilines is 2. The number of alkyl halides is 3. The lowest BCUT2D eigenvalue weighted by Gasteiger charge is -2.33. The average Bonchev–Trinajstić information content (AvgIpc) is 3.60. The molecule has 16 heteroatoms. The molecule has 2 aromatic carbocycles. The van der Waals surface area contributed by atoms with Gasteiger partial charge in [0, 0.05) is 67.4 Å². The van der Waals surface area contributed by atoms with Gasteiger partial charge in [0.25, 0.3) is 0 Å². The van der Waals surface area contributed by atoms with Gasteiger partial charge in [0.1, 0.15) is 12.9 Å². The molecule has 0 aliphatic carbocycles. The zero-order chi connectivity index (χ0) is 42.6. The number of piperidine rings is 1. The van der Waals surface area contributed by atoms with Crippen molar-refractivity contribution in [3.63, 3.8) is 0 Å².